The minimum absolute atomic E-state index is 0. The van der Waals surface area contributed by atoms with Gasteiger partial charge in [-0.05, 0) is 36.8 Å². The van der Waals surface area contributed by atoms with Gasteiger partial charge in [-0.3, -0.25) is 9.78 Å². The van der Waals surface area contributed by atoms with Crippen LogP contribution < -0.4 is 10.1 Å². The summed E-state index contributed by atoms with van der Waals surface area (Å²) in [5, 5.41) is 3.26. The highest BCUT2D eigenvalue weighted by molar-refractivity contribution is 5.94. The standard InChI is InChI=1S/C18H21N3O2.ClH/c1-14-5-6-17(12-20-14)23-13-15-3-2-4-16(11-15)18(22)21-9-7-19-8-10-21;/h2-6,11-12,19H,7-10,13H2,1H3;1H. The van der Waals surface area contributed by atoms with Crippen LogP contribution in [0.1, 0.15) is 21.6 Å². The van der Waals surface area contributed by atoms with E-state index in [1.54, 1.807) is 6.20 Å². The zero-order valence-electron chi connectivity index (χ0n) is 13.7. The molecule has 5 nitrogen and oxygen atoms in total. The Kier molecular flexibility index (Phi) is 6.58. The fourth-order valence-electron chi connectivity index (χ4n) is 2.55. The van der Waals surface area contributed by atoms with E-state index in [0.717, 1.165) is 48.7 Å². The number of carbonyl (C=O) groups is 1. The third-order valence-electron chi connectivity index (χ3n) is 3.87. The Labute approximate surface area is 148 Å². The molecular weight excluding hydrogens is 326 g/mol. The maximum atomic E-state index is 12.5. The second-order valence-electron chi connectivity index (χ2n) is 5.67. The molecule has 3 rings (SSSR count). The Balaban J connectivity index is 0.00000208. The molecule has 0 radical (unpaired) electrons. The number of rotatable bonds is 4. The molecule has 128 valence electrons. The molecule has 1 aromatic heterocycles. The van der Waals surface area contributed by atoms with Crippen LogP contribution in [0.4, 0.5) is 0 Å². The van der Waals surface area contributed by atoms with Crippen LogP contribution in [0.15, 0.2) is 42.6 Å². The number of nitrogens with one attached hydrogen (secondary N) is 1. The molecule has 2 aromatic rings. The van der Waals surface area contributed by atoms with Gasteiger partial charge in [0.1, 0.15) is 12.4 Å². The molecule has 24 heavy (non-hydrogen) atoms. The number of aromatic nitrogens is 1. The highest BCUT2D eigenvalue weighted by Gasteiger charge is 2.17. The number of piperazine rings is 1. The third-order valence-corrected chi connectivity index (χ3v) is 3.87. The SMILES string of the molecule is Cc1ccc(OCc2cccc(C(=O)N3CCNCC3)c2)cn1.Cl. The summed E-state index contributed by atoms with van der Waals surface area (Å²) in [6, 6.07) is 11.5. The summed E-state index contributed by atoms with van der Waals surface area (Å²) in [5.74, 6) is 0.819. The van der Waals surface area contributed by atoms with Crippen LogP contribution in [0.2, 0.25) is 0 Å². The lowest BCUT2D eigenvalue weighted by Gasteiger charge is -2.27. The van der Waals surface area contributed by atoms with Crippen LogP contribution in [0.25, 0.3) is 0 Å². The molecule has 0 saturated carbocycles. The van der Waals surface area contributed by atoms with E-state index < -0.39 is 0 Å². The Morgan fingerprint density at radius 1 is 1.25 bits per heavy atom. The van der Waals surface area contributed by atoms with E-state index in [4.69, 9.17) is 4.74 Å². The van der Waals surface area contributed by atoms with Gasteiger partial charge in [0.25, 0.3) is 5.91 Å². The highest BCUT2D eigenvalue weighted by atomic mass is 35.5. The van der Waals surface area contributed by atoms with Crippen molar-refractivity contribution in [3.63, 3.8) is 0 Å². The summed E-state index contributed by atoms with van der Waals surface area (Å²) in [6.45, 7) is 5.59. The lowest BCUT2D eigenvalue weighted by Crippen LogP contribution is -2.46. The van der Waals surface area contributed by atoms with Crippen molar-refractivity contribution in [3.05, 3.63) is 59.4 Å². The van der Waals surface area contributed by atoms with E-state index in [0.29, 0.717) is 6.61 Å². The zero-order valence-corrected chi connectivity index (χ0v) is 14.5. The van der Waals surface area contributed by atoms with E-state index >= 15 is 0 Å². The smallest absolute Gasteiger partial charge is 0.253 e. The second kappa shape index (κ2) is 8.66. The number of hydrogen-bond donors (Lipinski definition) is 1. The van der Waals surface area contributed by atoms with E-state index in [1.807, 2.05) is 48.2 Å². The van der Waals surface area contributed by atoms with Crippen LogP contribution in [0, 0.1) is 6.92 Å². The Hall–Kier alpha value is -2.11. The molecule has 0 unspecified atom stereocenters. The lowest BCUT2D eigenvalue weighted by molar-refractivity contribution is 0.0735. The molecule has 0 atom stereocenters. The van der Waals surface area contributed by atoms with Crippen molar-refractivity contribution in [2.45, 2.75) is 13.5 Å². The number of pyridine rings is 1. The predicted octanol–water partition coefficient (Wildman–Crippen LogP) is 2.44. The van der Waals surface area contributed by atoms with Crippen LogP contribution in [-0.2, 0) is 6.61 Å². The van der Waals surface area contributed by atoms with E-state index in [1.165, 1.54) is 0 Å². The van der Waals surface area contributed by atoms with Gasteiger partial charge in [-0.1, -0.05) is 12.1 Å². The average Bonchev–Trinajstić information content (AvgIpc) is 2.61. The van der Waals surface area contributed by atoms with Gasteiger partial charge in [0, 0.05) is 37.4 Å². The average molecular weight is 348 g/mol. The normalized spacial score (nSPS) is 14.0. The highest BCUT2D eigenvalue weighted by Crippen LogP contribution is 2.14. The second-order valence-corrected chi connectivity index (χ2v) is 5.67. The maximum absolute atomic E-state index is 12.5. The monoisotopic (exact) mass is 347 g/mol. The zero-order chi connectivity index (χ0) is 16.1. The van der Waals surface area contributed by atoms with Crippen LogP contribution >= 0.6 is 12.4 Å². The molecule has 0 spiro atoms. The first-order chi connectivity index (χ1) is 11.2. The quantitative estimate of drug-likeness (QED) is 0.923. The number of amides is 1. The largest absolute Gasteiger partial charge is 0.487 e. The van der Waals surface area contributed by atoms with Crippen LogP contribution in [-0.4, -0.2) is 42.0 Å². The molecule has 1 fully saturated rings. The first-order valence-corrected chi connectivity index (χ1v) is 7.87. The summed E-state index contributed by atoms with van der Waals surface area (Å²) in [6.07, 6.45) is 1.71. The molecule has 1 aliphatic rings. The fourth-order valence-corrected chi connectivity index (χ4v) is 2.55. The number of aryl methyl sites for hydroxylation is 1. The molecule has 0 bridgehead atoms. The van der Waals surface area contributed by atoms with Gasteiger partial charge in [-0.25, -0.2) is 0 Å². The Morgan fingerprint density at radius 2 is 2.04 bits per heavy atom. The Bertz CT molecular complexity index is 670. The molecule has 1 amide bonds. The summed E-state index contributed by atoms with van der Waals surface area (Å²) < 4.78 is 5.73. The molecule has 1 aromatic carbocycles. The summed E-state index contributed by atoms with van der Waals surface area (Å²) >= 11 is 0. The molecule has 0 aliphatic carbocycles. The fraction of sp³-hybridized carbons (Fsp3) is 0.333. The van der Waals surface area contributed by atoms with Crippen LogP contribution in [0.3, 0.4) is 0 Å². The van der Waals surface area contributed by atoms with Crippen molar-refractivity contribution in [3.8, 4) is 5.75 Å². The minimum atomic E-state index is 0. The Morgan fingerprint density at radius 3 is 2.75 bits per heavy atom. The van der Waals surface area contributed by atoms with Gasteiger partial charge in [0.2, 0.25) is 0 Å². The number of hydrogen-bond acceptors (Lipinski definition) is 4. The van der Waals surface area contributed by atoms with Crippen molar-refractivity contribution < 1.29 is 9.53 Å². The van der Waals surface area contributed by atoms with Crippen LogP contribution in [0.5, 0.6) is 5.75 Å². The molecule has 2 heterocycles. The van der Waals surface area contributed by atoms with Gasteiger partial charge >= 0.3 is 0 Å². The third kappa shape index (κ3) is 4.69. The first-order valence-electron chi connectivity index (χ1n) is 7.87. The summed E-state index contributed by atoms with van der Waals surface area (Å²) in [5.41, 5.74) is 2.66. The van der Waals surface area contributed by atoms with Gasteiger partial charge in [0.05, 0.1) is 6.20 Å². The number of nitrogens with zero attached hydrogens (tertiary/aromatic N) is 2. The summed E-state index contributed by atoms with van der Waals surface area (Å²) in [4.78, 5) is 18.6. The van der Waals surface area contributed by atoms with Gasteiger partial charge in [0.15, 0.2) is 0 Å². The molecule has 1 N–H and O–H groups in total. The number of carbonyl (C=O) groups excluding carboxylic acids is 1. The van der Waals surface area contributed by atoms with Crippen molar-refractivity contribution in [2.24, 2.45) is 0 Å². The molecular formula is C18H22ClN3O2. The van der Waals surface area contributed by atoms with E-state index in [2.05, 4.69) is 10.3 Å². The summed E-state index contributed by atoms with van der Waals surface area (Å²) in [7, 11) is 0. The van der Waals surface area contributed by atoms with Gasteiger partial charge < -0.3 is 15.0 Å². The van der Waals surface area contributed by atoms with Gasteiger partial charge in [-0.15, -0.1) is 12.4 Å². The molecule has 6 heteroatoms. The topological polar surface area (TPSA) is 54.5 Å². The molecule has 1 aliphatic heterocycles. The van der Waals surface area contributed by atoms with Crippen molar-refractivity contribution in [2.75, 3.05) is 26.2 Å². The van der Waals surface area contributed by atoms with Crippen molar-refractivity contribution in [1.82, 2.24) is 15.2 Å². The maximum Gasteiger partial charge on any atom is 0.253 e. The first kappa shape index (κ1) is 18.2. The molecule has 1 saturated heterocycles. The van der Waals surface area contributed by atoms with Gasteiger partial charge in [-0.2, -0.15) is 0 Å². The minimum Gasteiger partial charge on any atom is -0.487 e. The lowest BCUT2D eigenvalue weighted by atomic mass is 10.1. The number of benzene rings is 1. The van der Waals surface area contributed by atoms with E-state index in [-0.39, 0.29) is 18.3 Å². The predicted molar refractivity (Wildman–Crippen MR) is 95.8 cm³/mol. The van der Waals surface area contributed by atoms with E-state index in [9.17, 15) is 4.79 Å². The number of halogens is 1. The number of ether oxygens (including phenoxy) is 1. The van der Waals surface area contributed by atoms with Crippen molar-refractivity contribution in [1.29, 1.82) is 0 Å². The van der Waals surface area contributed by atoms with Crippen molar-refractivity contribution >= 4 is 18.3 Å².